The topological polar surface area (TPSA) is 91.3 Å². The van der Waals surface area contributed by atoms with Crippen molar-refractivity contribution in [2.45, 2.75) is 64.0 Å². The number of benzene rings is 1. The number of rotatable bonds is 10. The maximum atomic E-state index is 14.8. The number of nitrogens with zero attached hydrogens (tertiary/aromatic N) is 6. The summed E-state index contributed by atoms with van der Waals surface area (Å²) in [4.78, 5) is 6.00. The van der Waals surface area contributed by atoms with Crippen LogP contribution in [0.2, 0.25) is 25.7 Å². The highest BCUT2D eigenvalue weighted by Crippen LogP contribution is 2.41. The first kappa shape index (κ1) is 30.0. The molecule has 4 aromatic rings. The maximum Gasteiger partial charge on any atom is 0.523 e. The first-order valence-corrected chi connectivity index (χ1v) is 16.8. The molecule has 0 spiro atoms. The van der Waals surface area contributed by atoms with Crippen LogP contribution in [0.15, 0.2) is 34.9 Å². The van der Waals surface area contributed by atoms with Gasteiger partial charge in [0.05, 0.1) is 23.5 Å². The van der Waals surface area contributed by atoms with Crippen LogP contribution in [0.5, 0.6) is 0 Å². The van der Waals surface area contributed by atoms with Gasteiger partial charge in [-0.05, 0) is 30.3 Å². The Balaban J connectivity index is 1.52. The SMILES string of the molecule is C[Si](C)(C)CCOCn1nc(N2C[C@@H](F)C[C@@H]2c2cc(F)ccc2F)c2cc(-c3nnc(COC(F)(F)F)o3)cnc21. The molecule has 2 atom stereocenters. The number of hydrogen-bond donors (Lipinski definition) is 0. The highest BCUT2D eigenvalue weighted by atomic mass is 28.3. The van der Waals surface area contributed by atoms with Crippen molar-refractivity contribution in [3.8, 4) is 11.5 Å². The normalized spacial score (nSPS) is 18.0. The predicted molar refractivity (Wildman–Crippen MR) is 142 cm³/mol. The van der Waals surface area contributed by atoms with Crippen LogP contribution < -0.4 is 4.90 Å². The van der Waals surface area contributed by atoms with Crippen molar-refractivity contribution >= 4 is 24.9 Å². The van der Waals surface area contributed by atoms with Gasteiger partial charge >= 0.3 is 6.36 Å². The van der Waals surface area contributed by atoms with Crippen molar-refractivity contribution in [3.05, 3.63) is 53.6 Å². The summed E-state index contributed by atoms with van der Waals surface area (Å²) in [7, 11) is -1.37. The van der Waals surface area contributed by atoms with Crippen LogP contribution in [-0.2, 0) is 22.8 Å². The van der Waals surface area contributed by atoms with Crippen LogP contribution in [0.4, 0.5) is 32.2 Å². The first-order chi connectivity index (χ1) is 19.8. The van der Waals surface area contributed by atoms with Crippen molar-refractivity contribution in [2.75, 3.05) is 18.1 Å². The second-order valence-corrected chi connectivity index (χ2v) is 16.8. The van der Waals surface area contributed by atoms with E-state index in [1.54, 1.807) is 11.0 Å². The zero-order valence-corrected chi connectivity index (χ0v) is 24.0. The largest absolute Gasteiger partial charge is 0.523 e. The second kappa shape index (κ2) is 11.6. The Morgan fingerprint density at radius 2 is 1.90 bits per heavy atom. The number of anilines is 1. The number of alkyl halides is 4. The van der Waals surface area contributed by atoms with Crippen LogP contribution in [0.1, 0.15) is 23.9 Å². The molecule has 4 heterocycles. The second-order valence-electron chi connectivity index (χ2n) is 11.2. The van der Waals surface area contributed by atoms with Crippen molar-refractivity contribution in [2.24, 2.45) is 0 Å². The molecule has 16 heteroatoms. The van der Waals surface area contributed by atoms with Crippen molar-refractivity contribution < 1.29 is 40.2 Å². The fourth-order valence-electron chi connectivity index (χ4n) is 4.65. The molecule has 0 unspecified atom stereocenters. The molecule has 226 valence electrons. The molecule has 0 N–H and O–H groups in total. The summed E-state index contributed by atoms with van der Waals surface area (Å²) in [5.41, 5.74) is 0.584. The summed E-state index contributed by atoms with van der Waals surface area (Å²) in [6.45, 7) is 6.04. The molecule has 0 bridgehead atoms. The van der Waals surface area contributed by atoms with E-state index in [4.69, 9.17) is 9.15 Å². The van der Waals surface area contributed by atoms with Gasteiger partial charge in [0.15, 0.2) is 11.5 Å². The van der Waals surface area contributed by atoms with Gasteiger partial charge in [0.1, 0.15) is 31.1 Å². The third kappa shape index (κ3) is 6.92. The molecule has 1 aromatic carbocycles. The fourth-order valence-corrected chi connectivity index (χ4v) is 5.40. The molecule has 0 saturated carbocycles. The van der Waals surface area contributed by atoms with E-state index >= 15 is 0 Å². The monoisotopic (exact) mass is 614 g/mol. The minimum absolute atomic E-state index is 0.0143. The molecule has 3 aromatic heterocycles. The van der Waals surface area contributed by atoms with Gasteiger partial charge in [-0.25, -0.2) is 22.8 Å². The lowest BCUT2D eigenvalue weighted by Gasteiger charge is -2.25. The van der Waals surface area contributed by atoms with Gasteiger partial charge in [-0.3, -0.25) is 4.74 Å². The predicted octanol–water partition coefficient (Wildman–Crippen LogP) is 6.40. The molecule has 1 saturated heterocycles. The molecule has 0 amide bonds. The Kier molecular flexibility index (Phi) is 8.31. The lowest BCUT2D eigenvalue weighted by Crippen LogP contribution is -2.25. The van der Waals surface area contributed by atoms with Crippen molar-refractivity contribution in [1.82, 2.24) is 25.0 Å². The Morgan fingerprint density at radius 1 is 1.12 bits per heavy atom. The summed E-state index contributed by atoms with van der Waals surface area (Å²) in [6.07, 6.45) is -4.95. The minimum Gasteiger partial charge on any atom is -0.418 e. The van der Waals surface area contributed by atoms with E-state index in [2.05, 4.69) is 44.7 Å². The number of aromatic nitrogens is 5. The highest BCUT2D eigenvalue weighted by molar-refractivity contribution is 6.76. The summed E-state index contributed by atoms with van der Waals surface area (Å²) >= 11 is 0. The average molecular weight is 615 g/mol. The molecular weight excluding hydrogens is 586 g/mol. The zero-order chi connectivity index (χ0) is 30.2. The number of hydrogen-bond acceptors (Lipinski definition) is 8. The van der Waals surface area contributed by atoms with Gasteiger partial charge in [-0.15, -0.1) is 23.4 Å². The van der Waals surface area contributed by atoms with Gasteiger partial charge in [0, 0.05) is 32.9 Å². The van der Waals surface area contributed by atoms with E-state index in [9.17, 15) is 26.3 Å². The number of ether oxygens (including phenoxy) is 2. The number of pyridine rings is 1. The van der Waals surface area contributed by atoms with Crippen LogP contribution in [0, 0.1) is 11.6 Å². The maximum absolute atomic E-state index is 14.8. The summed E-state index contributed by atoms with van der Waals surface area (Å²) in [6, 6.07) is 4.62. The van der Waals surface area contributed by atoms with Gasteiger partial charge in [-0.2, -0.15) is 5.10 Å². The molecule has 0 radical (unpaired) electrons. The van der Waals surface area contributed by atoms with Gasteiger partial charge in [-0.1, -0.05) is 19.6 Å². The molecule has 9 nitrogen and oxygen atoms in total. The standard InChI is InChI=1S/C26H28F6N6O3Si/c1-42(2,3)7-6-39-14-38-23-19(8-15(11-33-23)25-35-34-22(41-25)13-40-26(30,31)32)24(36-38)37-12-17(28)10-21(37)18-9-16(27)4-5-20(18)29/h4-5,8-9,11,17,21H,6-7,10,12-14H2,1-3H3/t17-,21+/m0/s1. The van der Waals surface area contributed by atoms with Crippen LogP contribution in [-0.4, -0.2) is 58.7 Å². The fraction of sp³-hybridized carbons (Fsp3) is 0.462. The van der Waals surface area contributed by atoms with E-state index in [1.165, 1.54) is 10.9 Å². The molecule has 5 rings (SSSR count). The number of halogens is 6. The Bertz CT molecular complexity index is 1560. The Hall–Kier alpha value is -3.50. The Morgan fingerprint density at radius 3 is 2.64 bits per heavy atom. The molecule has 1 fully saturated rings. The minimum atomic E-state index is -4.88. The van der Waals surface area contributed by atoms with E-state index in [0.717, 1.165) is 24.2 Å². The molecule has 1 aliphatic heterocycles. The van der Waals surface area contributed by atoms with E-state index in [-0.39, 0.29) is 42.5 Å². The third-order valence-corrected chi connectivity index (χ3v) is 8.39. The number of fused-ring (bicyclic) bond motifs is 1. The summed E-state index contributed by atoms with van der Waals surface area (Å²) < 4.78 is 97.4. The summed E-state index contributed by atoms with van der Waals surface area (Å²) in [5, 5.41) is 12.4. The van der Waals surface area contributed by atoms with Crippen LogP contribution in [0.25, 0.3) is 22.5 Å². The Labute approximate surface area is 237 Å². The van der Waals surface area contributed by atoms with Crippen molar-refractivity contribution in [3.63, 3.8) is 0 Å². The zero-order valence-electron chi connectivity index (χ0n) is 23.0. The first-order valence-electron chi connectivity index (χ1n) is 13.1. The third-order valence-electron chi connectivity index (χ3n) is 6.69. The van der Waals surface area contributed by atoms with Gasteiger partial charge in [0.25, 0.3) is 0 Å². The van der Waals surface area contributed by atoms with E-state index in [1.807, 2.05) is 0 Å². The average Bonchev–Trinajstić information content (AvgIpc) is 3.62. The molecule has 1 aliphatic rings. The van der Waals surface area contributed by atoms with Crippen LogP contribution in [0.3, 0.4) is 0 Å². The molecule has 0 aliphatic carbocycles. The highest BCUT2D eigenvalue weighted by Gasteiger charge is 2.38. The molecular formula is C26H28F6N6O3Si. The van der Waals surface area contributed by atoms with Gasteiger partial charge < -0.3 is 14.1 Å². The molecule has 42 heavy (non-hydrogen) atoms. The van der Waals surface area contributed by atoms with E-state index in [0.29, 0.717) is 17.6 Å². The smallest absolute Gasteiger partial charge is 0.418 e. The summed E-state index contributed by atoms with van der Waals surface area (Å²) in [5.74, 6) is -1.65. The van der Waals surface area contributed by atoms with Gasteiger partial charge in [0.2, 0.25) is 11.8 Å². The van der Waals surface area contributed by atoms with E-state index < -0.39 is 50.8 Å². The lowest BCUT2D eigenvalue weighted by atomic mass is 10.0. The van der Waals surface area contributed by atoms with Crippen molar-refractivity contribution in [1.29, 1.82) is 0 Å². The van der Waals surface area contributed by atoms with Crippen LogP contribution >= 0.6 is 0 Å². The lowest BCUT2D eigenvalue weighted by molar-refractivity contribution is -0.332. The quantitative estimate of drug-likeness (QED) is 0.115.